The van der Waals surface area contributed by atoms with Crippen molar-refractivity contribution in [2.75, 3.05) is 0 Å². The maximum absolute atomic E-state index is 5.56. The Bertz CT molecular complexity index is 942. The van der Waals surface area contributed by atoms with Gasteiger partial charge in [-0.3, -0.25) is 0 Å². The van der Waals surface area contributed by atoms with Crippen LogP contribution in [0.4, 0.5) is 0 Å². The molecule has 2 fully saturated rings. The second-order valence-electron chi connectivity index (χ2n) is 8.20. The van der Waals surface area contributed by atoms with Crippen molar-refractivity contribution in [1.82, 2.24) is 15.1 Å². The van der Waals surface area contributed by atoms with Gasteiger partial charge in [0, 0.05) is 17.9 Å². The SMILES string of the molecule is CCc1onc(C)c1-c1cc(CC2CCCC2)c2nc(C3CC3)[nH]c2c1. The lowest BCUT2D eigenvalue weighted by Crippen LogP contribution is -2.00. The molecule has 2 aliphatic rings. The molecular weight excluding hydrogens is 322 g/mol. The Morgan fingerprint density at radius 2 is 1.96 bits per heavy atom. The van der Waals surface area contributed by atoms with Crippen molar-refractivity contribution in [2.24, 2.45) is 5.92 Å². The van der Waals surface area contributed by atoms with Gasteiger partial charge < -0.3 is 9.51 Å². The first-order valence-corrected chi connectivity index (χ1v) is 10.2. The molecule has 4 heteroatoms. The molecule has 26 heavy (non-hydrogen) atoms. The summed E-state index contributed by atoms with van der Waals surface area (Å²) in [6.07, 6.45) is 10.0. The molecule has 0 unspecified atom stereocenters. The number of aromatic nitrogens is 3. The normalized spacial score (nSPS) is 18.2. The number of hydrogen-bond acceptors (Lipinski definition) is 3. The number of aryl methyl sites for hydroxylation is 2. The van der Waals surface area contributed by atoms with E-state index in [1.807, 2.05) is 6.92 Å². The lowest BCUT2D eigenvalue weighted by Gasteiger charge is -2.12. The fourth-order valence-electron chi connectivity index (χ4n) is 4.61. The van der Waals surface area contributed by atoms with Crippen molar-refractivity contribution in [3.8, 4) is 11.1 Å². The van der Waals surface area contributed by atoms with E-state index in [-0.39, 0.29) is 0 Å². The van der Waals surface area contributed by atoms with Gasteiger partial charge in [-0.05, 0) is 55.4 Å². The van der Waals surface area contributed by atoms with Crippen LogP contribution < -0.4 is 0 Å². The largest absolute Gasteiger partial charge is 0.360 e. The maximum Gasteiger partial charge on any atom is 0.144 e. The Hall–Kier alpha value is -2.10. The monoisotopic (exact) mass is 349 g/mol. The van der Waals surface area contributed by atoms with E-state index < -0.39 is 0 Å². The highest BCUT2D eigenvalue weighted by Gasteiger charge is 2.28. The minimum Gasteiger partial charge on any atom is -0.360 e. The summed E-state index contributed by atoms with van der Waals surface area (Å²) < 4.78 is 5.56. The van der Waals surface area contributed by atoms with Crippen LogP contribution in [-0.4, -0.2) is 15.1 Å². The van der Waals surface area contributed by atoms with E-state index in [2.05, 4.69) is 29.2 Å². The number of hydrogen-bond donors (Lipinski definition) is 1. The molecule has 0 amide bonds. The molecule has 0 saturated heterocycles. The fourth-order valence-corrected chi connectivity index (χ4v) is 4.61. The van der Waals surface area contributed by atoms with Crippen LogP contribution in [0.1, 0.15) is 74.2 Å². The molecule has 5 rings (SSSR count). The van der Waals surface area contributed by atoms with Crippen LogP contribution in [-0.2, 0) is 12.8 Å². The number of imidazole rings is 1. The minimum absolute atomic E-state index is 0.647. The number of rotatable bonds is 5. The predicted octanol–water partition coefficient (Wildman–Crippen LogP) is 5.70. The molecule has 3 aromatic rings. The summed E-state index contributed by atoms with van der Waals surface area (Å²) in [5, 5.41) is 4.22. The number of fused-ring (bicyclic) bond motifs is 1. The van der Waals surface area contributed by atoms with Crippen LogP contribution in [0.3, 0.4) is 0 Å². The number of benzene rings is 1. The average molecular weight is 349 g/mol. The van der Waals surface area contributed by atoms with E-state index in [0.717, 1.165) is 30.2 Å². The third kappa shape index (κ3) is 2.76. The van der Waals surface area contributed by atoms with E-state index >= 15 is 0 Å². The third-order valence-electron chi connectivity index (χ3n) is 6.17. The van der Waals surface area contributed by atoms with Crippen molar-refractivity contribution in [2.45, 2.75) is 71.1 Å². The molecule has 0 atom stereocenters. The third-order valence-corrected chi connectivity index (χ3v) is 6.17. The van der Waals surface area contributed by atoms with Gasteiger partial charge in [-0.1, -0.05) is 37.8 Å². The van der Waals surface area contributed by atoms with Gasteiger partial charge in [0.1, 0.15) is 11.6 Å². The van der Waals surface area contributed by atoms with E-state index in [0.29, 0.717) is 5.92 Å². The summed E-state index contributed by atoms with van der Waals surface area (Å²) in [5.41, 5.74) is 7.15. The van der Waals surface area contributed by atoms with Crippen LogP contribution in [0.2, 0.25) is 0 Å². The number of aromatic amines is 1. The second kappa shape index (κ2) is 6.26. The van der Waals surface area contributed by atoms with Crippen LogP contribution in [0.25, 0.3) is 22.2 Å². The molecule has 1 aromatic carbocycles. The number of H-pyrrole nitrogens is 1. The van der Waals surface area contributed by atoms with E-state index in [9.17, 15) is 0 Å². The zero-order valence-corrected chi connectivity index (χ0v) is 15.8. The quantitative estimate of drug-likeness (QED) is 0.643. The lowest BCUT2D eigenvalue weighted by molar-refractivity contribution is 0.383. The number of nitrogens with zero attached hydrogens (tertiary/aromatic N) is 2. The topological polar surface area (TPSA) is 54.7 Å². The highest BCUT2D eigenvalue weighted by atomic mass is 16.5. The molecule has 2 saturated carbocycles. The van der Waals surface area contributed by atoms with Gasteiger partial charge in [-0.25, -0.2) is 4.98 Å². The summed E-state index contributed by atoms with van der Waals surface area (Å²) in [5.74, 6) is 3.62. The molecule has 2 aliphatic carbocycles. The molecule has 1 N–H and O–H groups in total. The molecule has 2 aromatic heterocycles. The molecular formula is C22H27N3O. The summed E-state index contributed by atoms with van der Waals surface area (Å²) in [7, 11) is 0. The van der Waals surface area contributed by atoms with E-state index in [1.165, 1.54) is 72.1 Å². The van der Waals surface area contributed by atoms with Crippen LogP contribution >= 0.6 is 0 Å². The van der Waals surface area contributed by atoms with Gasteiger partial charge in [0.15, 0.2) is 0 Å². The van der Waals surface area contributed by atoms with Crippen molar-refractivity contribution in [3.05, 3.63) is 35.0 Å². The highest BCUT2D eigenvalue weighted by molar-refractivity contribution is 5.86. The molecule has 0 spiro atoms. The first-order valence-electron chi connectivity index (χ1n) is 10.2. The van der Waals surface area contributed by atoms with Gasteiger partial charge in [0.2, 0.25) is 0 Å². The van der Waals surface area contributed by atoms with Crippen molar-refractivity contribution in [3.63, 3.8) is 0 Å². The number of nitrogens with one attached hydrogen (secondary N) is 1. The van der Waals surface area contributed by atoms with Gasteiger partial charge in [-0.2, -0.15) is 0 Å². The molecule has 0 radical (unpaired) electrons. The summed E-state index contributed by atoms with van der Waals surface area (Å²) in [6, 6.07) is 4.61. The minimum atomic E-state index is 0.647. The van der Waals surface area contributed by atoms with Crippen molar-refractivity contribution in [1.29, 1.82) is 0 Å². The van der Waals surface area contributed by atoms with Crippen LogP contribution in [0, 0.1) is 12.8 Å². The van der Waals surface area contributed by atoms with Crippen molar-refractivity contribution < 1.29 is 4.52 Å². The van der Waals surface area contributed by atoms with E-state index in [1.54, 1.807) is 0 Å². The average Bonchev–Trinajstić information content (AvgIpc) is 3.04. The molecule has 0 aliphatic heterocycles. The first-order chi connectivity index (χ1) is 12.7. The maximum atomic E-state index is 5.56. The highest BCUT2D eigenvalue weighted by Crippen LogP contribution is 2.41. The Morgan fingerprint density at radius 1 is 1.15 bits per heavy atom. The Morgan fingerprint density at radius 3 is 2.69 bits per heavy atom. The zero-order chi connectivity index (χ0) is 17.7. The molecule has 0 bridgehead atoms. The van der Waals surface area contributed by atoms with Gasteiger partial charge in [0.05, 0.1) is 16.7 Å². The first kappa shape index (κ1) is 16.1. The Kier molecular flexibility index (Phi) is 3.87. The van der Waals surface area contributed by atoms with Gasteiger partial charge in [-0.15, -0.1) is 0 Å². The fraction of sp³-hybridized carbons (Fsp3) is 0.545. The van der Waals surface area contributed by atoms with E-state index in [4.69, 9.17) is 9.51 Å². The Balaban J connectivity index is 1.65. The lowest BCUT2D eigenvalue weighted by atomic mass is 9.93. The van der Waals surface area contributed by atoms with Gasteiger partial charge >= 0.3 is 0 Å². The zero-order valence-electron chi connectivity index (χ0n) is 15.8. The standard InChI is InChI=1S/C22H27N3O/c1-3-19-20(13(2)25-26-19)16-11-17(10-14-6-4-5-7-14)21-18(12-16)23-22(24-21)15-8-9-15/h11-12,14-15H,3-10H2,1-2H3,(H,23,24). The van der Waals surface area contributed by atoms with Crippen LogP contribution in [0.15, 0.2) is 16.7 Å². The summed E-state index contributed by atoms with van der Waals surface area (Å²) in [4.78, 5) is 8.63. The smallest absolute Gasteiger partial charge is 0.144 e. The van der Waals surface area contributed by atoms with Gasteiger partial charge in [0.25, 0.3) is 0 Å². The molecule has 2 heterocycles. The summed E-state index contributed by atoms with van der Waals surface area (Å²) in [6.45, 7) is 4.17. The summed E-state index contributed by atoms with van der Waals surface area (Å²) >= 11 is 0. The van der Waals surface area contributed by atoms with Crippen LogP contribution in [0.5, 0.6) is 0 Å². The molecule has 4 nitrogen and oxygen atoms in total. The van der Waals surface area contributed by atoms with Crippen molar-refractivity contribution >= 4 is 11.0 Å². The predicted molar refractivity (Wildman–Crippen MR) is 103 cm³/mol. The molecule has 136 valence electrons. The Labute approximate surface area is 154 Å². The second-order valence-corrected chi connectivity index (χ2v) is 8.20.